The minimum Gasteiger partial charge on any atom is -0.465 e. The van der Waals surface area contributed by atoms with E-state index in [-0.39, 0.29) is 54.8 Å². The average Bonchev–Trinajstić information content (AvgIpc) is 2.47. The molecule has 0 N–H and O–H groups in total. The van der Waals surface area contributed by atoms with Crippen molar-refractivity contribution in [3.8, 4) is 0 Å². The molecule has 0 spiro atoms. The summed E-state index contributed by atoms with van der Waals surface area (Å²) >= 11 is 12.4. The lowest BCUT2D eigenvalue weighted by Crippen LogP contribution is -2.37. The first-order valence-electron chi connectivity index (χ1n) is 8.44. The highest BCUT2D eigenvalue weighted by Crippen LogP contribution is 2.20. The first-order valence-corrected chi connectivity index (χ1v) is 9.99. The molecule has 3 unspecified atom stereocenters. The van der Waals surface area contributed by atoms with E-state index in [4.69, 9.17) is 14.2 Å². The van der Waals surface area contributed by atoms with E-state index in [0.29, 0.717) is 0 Å². The van der Waals surface area contributed by atoms with E-state index >= 15 is 0 Å². The molecule has 3 atom stereocenters. The van der Waals surface area contributed by atoms with Gasteiger partial charge in [0.1, 0.15) is 19.8 Å². The Hall–Kier alpha value is -0.540. The van der Waals surface area contributed by atoms with Crippen molar-refractivity contribution in [2.24, 2.45) is 5.41 Å². The van der Waals surface area contributed by atoms with E-state index in [1.165, 1.54) is 0 Å². The zero-order chi connectivity index (χ0) is 20.3. The van der Waals surface area contributed by atoms with E-state index < -0.39 is 23.3 Å². The van der Waals surface area contributed by atoms with Gasteiger partial charge < -0.3 is 14.2 Å². The molecule has 0 aliphatic carbocycles. The van der Waals surface area contributed by atoms with Crippen LogP contribution in [-0.4, -0.2) is 53.5 Å². The molecule has 0 bridgehead atoms. The molecule has 0 aromatic rings. The van der Waals surface area contributed by atoms with Crippen molar-refractivity contribution in [1.82, 2.24) is 0 Å². The molecule has 0 aliphatic heterocycles. The Morgan fingerprint density at radius 1 is 0.692 bits per heavy atom. The van der Waals surface area contributed by atoms with Gasteiger partial charge in [-0.05, 0) is 6.92 Å². The lowest BCUT2D eigenvalue weighted by atomic mass is 9.94. The van der Waals surface area contributed by atoms with Gasteiger partial charge in [0.2, 0.25) is 0 Å². The van der Waals surface area contributed by atoms with Gasteiger partial charge in [-0.15, -0.1) is 0 Å². The minimum absolute atomic E-state index is 0.0419. The standard InChI is InChI=1S/C17H30O6S3/c1-11(24)5-14(18)21-8-17(4,9-22-15(19)6-12(2)25)10-23-16(20)7-13(3)26/h11-13,24-26H,5-10H2,1-4H3. The molecule has 9 heteroatoms. The molecule has 0 aromatic carbocycles. The van der Waals surface area contributed by atoms with Gasteiger partial charge in [0.25, 0.3) is 0 Å². The van der Waals surface area contributed by atoms with Crippen molar-refractivity contribution < 1.29 is 28.6 Å². The molecule has 0 saturated carbocycles. The fourth-order valence-electron chi connectivity index (χ4n) is 1.79. The van der Waals surface area contributed by atoms with E-state index in [9.17, 15) is 14.4 Å². The van der Waals surface area contributed by atoms with E-state index in [1.54, 1.807) is 27.7 Å². The number of esters is 3. The Morgan fingerprint density at radius 3 is 1.12 bits per heavy atom. The SMILES string of the molecule is CC(S)CC(=O)OCC(C)(COC(=O)CC(C)S)COC(=O)CC(C)S. The zero-order valence-electron chi connectivity index (χ0n) is 15.8. The number of carbonyl (C=O) groups excluding carboxylic acids is 3. The van der Waals surface area contributed by atoms with Gasteiger partial charge in [-0.25, -0.2) is 0 Å². The lowest BCUT2D eigenvalue weighted by molar-refractivity contribution is -0.160. The van der Waals surface area contributed by atoms with Crippen LogP contribution in [0.25, 0.3) is 0 Å². The van der Waals surface area contributed by atoms with Crippen LogP contribution in [0.4, 0.5) is 0 Å². The summed E-state index contributed by atoms with van der Waals surface area (Å²) in [6.07, 6.45) is 0.479. The van der Waals surface area contributed by atoms with Gasteiger partial charge in [0.15, 0.2) is 0 Å². The summed E-state index contributed by atoms with van der Waals surface area (Å²) < 4.78 is 15.7. The van der Waals surface area contributed by atoms with Crippen molar-refractivity contribution in [2.75, 3.05) is 19.8 Å². The van der Waals surface area contributed by atoms with Crippen LogP contribution in [0.1, 0.15) is 47.0 Å². The third-order valence-electron chi connectivity index (χ3n) is 3.13. The van der Waals surface area contributed by atoms with Crippen molar-refractivity contribution in [3.05, 3.63) is 0 Å². The maximum absolute atomic E-state index is 11.8. The Bertz CT molecular complexity index is 401. The van der Waals surface area contributed by atoms with E-state index in [1.807, 2.05) is 0 Å². The van der Waals surface area contributed by atoms with Gasteiger partial charge in [-0.1, -0.05) is 20.8 Å². The molecule has 0 radical (unpaired) electrons. The number of ether oxygens (including phenoxy) is 3. The van der Waals surface area contributed by atoms with Crippen LogP contribution in [0.15, 0.2) is 0 Å². The summed E-state index contributed by atoms with van der Waals surface area (Å²) in [6.45, 7) is 6.94. The van der Waals surface area contributed by atoms with E-state index in [0.717, 1.165) is 0 Å². The minimum atomic E-state index is -0.847. The average molecular weight is 427 g/mol. The van der Waals surface area contributed by atoms with Crippen molar-refractivity contribution in [3.63, 3.8) is 0 Å². The normalized spacial score (nSPS) is 16.7. The second-order valence-corrected chi connectivity index (χ2v) is 9.60. The monoisotopic (exact) mass is 426 g/mol. The van der Waals surface area contributed by atoms with Crippen molar-refractivity contribution in [1.29, 1.82) is 0 Å². The Labute approximate surface area is 172 Å². The van der Waals surface area contributed by atoms with Crippen LogP contribution >= 0.6 is 37.9 Å². The van der Waals surface area contributed by atoms with Gasteiger partial charge >= 0.3 is 17.9 Å². The van der Waals surface area contributed by atoms with Crippen LogP contribution in [0.3, 0.4) is 0 Å². The zero-order valence-corrected chi connectivity index (χ0v) is 18.4. The Morgan fingerprint density at radius 2 is 0.923 bits per heavy atom. The van der Waals surface area contributed by atoms with Crippen LogP contribution in [0.5, 0.6) is 0 Å². The largest absolute Gasteiger partial charge is 0.465 e. The van der Waals surface area contributed by atoms with Crippen LogP contribution in [0, 0.1) is 5.41 Å². The Kier molecular flexibility index (Phi) is 12.5. The maximum atomic E-state index is 11.8. The van der Waals surface area contributed by atoms with Gasteiger partial charge in [-0.3, -0.25) is 14.4 Å². The van der Waals surface area contributed by atoms with Crippen molar-refractivity contribution in [2.45, 2.75) is 62.7 Å². The molecule has 6 nitrogen and oxygen atoms in total. The quantitative estimate of drug-likeness (QED) is 0.253. The van der Waals surface area contributed by atoms with Gasteiger partial charge in [-0.2, -0.15) is 37.9 Å². The summed E-state index contributed by atoms with van der Waals surface area (Å²) in [5.74, 6) is -1.24. The fourth-order valence-corrected chi connectivity index (χ4v) is 2.24. The number of hydrogen-bond donors (Lipinski definition) is 3. The highest BCUT2D eigenvalue weighted by atomic mass is 32.1. The fraction of sp³-hybridized carbons (Fsp3) is 0.824. The van der Waals surface area contributed by atoms with Gasteiger partial charge in [0, 0.05) is 15.7 Å². The number of rotatable bonds is 12. The summed E-state index contributed by atoms with van der Waals surface area (Å²) in [5.41, 5.74) is -0.847. The molecule has 152 valence electrons. The van der Waals surface area contributed by atoms with Crippen LogP contribution in [-0.2, 0) is 28.6 Å². The molecule has 0 amide bonds. The summed E-state index contributed by atoms with van der Waals surface area (Å²) in [5, 5.41) is -0.380. The molecular formula is C17H30O6S3. The first kappa shape index (κ1) is 25.5. The van der Waals surface area contributed by atoms with Gasteiger partial charge in [0.05, 0.1) is 24.7 Å². The second-order valence-electron chi connectivity index (χ2n) is 6.95. The van der Waals surface area contributed by atoms with Crippen LogP contribution in [0.2, 0.25) is 0 Å². The third kappa shape index (κ3) is 13.6. The predicted molar refractivity (Wildman–Crippen MR) is 110 cm³/mol. The summed E-state index contributed by atoms with van der Waals surface area (Å²) in [7, 11) is 0. The second kappa shape index (κ2) is 12.8. The third-order valence-corrected chi connectivity index (χ3v) is 3.68. The number of thiol groups is 3. The summed E-state index contributed by atoms with van der Waals surface area (Å²) in [4.78, 5) is 35.3. The predicted octanol–water partition coefficient (Wildman–Crippen LogP) is 2.75. The molecular weight excluding hydrogens is 396 g/mol. The molecule has 0 fully saturated rings. The number of hydrogen-bond acceptors (Lipinski definition) is 9. The first-order chi connectivity index (χ1) is 11.9. The Balaban J connectivity index is 4.75. The van der Waals surface area contributed by atoms with E-state index in [2.05, 4.69) is 37.9 Å². The highest BCUT2D eigenvalue weighted by Gasteiger charge is 2.31. The molecule has 0 aliphatic rings. The number of carbonyl (C=O) groups is 3. The summed E-state index contributed by atoms with van der Waals surface area (Å²) in [6, 6.07) is 0. The molecule has 0 saturated heterocycles. The van der Waals surface area contributed by atoms with Crippen molar-refractivity contribution >= 4 is 55.8 Å². The molecule has 26 heavy (non-hydrogen) atoms. The highest BCUT2D eigenvalue weighted by molar-refractivity contribution is 7.81. The molecule has 0 heterocycles. The topological polar surface area (TPSA) is 78.9 Å². The lowest BCUT2D eigenvalue weighted by Gasteiger charge is -2.28. The smallest absolute Gasteiger partial charge is 0.306 e. The van der Waals surface area contributed by atoms with Crippen LogP contribution < -0.4 is 0 Å². The maximum Gasteiger partial charge on any atom is 0.306 e. The molecule has 0 rings (SSSR count). The molecule has 0 aromatic heterocycles.